The molecule has 0 radical (unpaired) electrons. The Morgan fingerprint density at radius 2 is 1.97 bits per heavy atom. The Morgan fingerprint density at radius 1 is 1.17 bits per heavy atom. The highest BCUT2D eigenvalue weighted by atomic mass is 35.5. The molecule has 4 heterocycles. The molecule has 0 aliphatic carbocycles. The van der Waals surface area contributed by atoms with E-state index in [2.05, 4.69) is 30.4 Å². The smallest absolute Gasteiger partial charge is 0.270 e. The molecule has 1 saturated heterocycles. The summed E-state index contributed by atoms with van der Waals surface area (Å²) in [6.45, 7) is 5.80. The maximum Gasteiger partial charge on any atom is 0.270 e. The van der Waals surface area contributed by atoms with Gasteiger partial charge in [0.15, 0.2) is 11.0 Å². The fourth-order valence-corrected chi connectivity index (χ4v) is 6.03. The lowest BCUT2D eigenvalue weighted by atomic mass is 10.2. The van der Waals surface area contributed by atoms with Gasteiger partial charge in [0.05, 0.1) is 11.4 Å². The number of likely N-dealkylation sites (tertiary alicyclic amines) is 1. The van der Waals surface area contributed by atoms with Crippen LogP contribution in [-0.2, 0) is 5.75 Å². The number of thiazole rings is 1. The summed E-state index contributed by atoms with van der Waals surface area (Å²) in [5.74, 6) is 1.15. The third-order valence-corrected chi connectivity index (χ3v) is 8.21. The van der Waals surface area contributed by atoms with Gasteiger partial charge in [-0.25, -0.2) is 4.98 Å². The van der Waals surface area contributed by atoms with E-state index in [1.54, 1.807) is 12.4 Å². The third-order valence-electron chi connectivity index (χ3n) is 6.01. The maximum absolute atomic E-state index is 12.5. The molecule has 5 rings (SSSR count). The molecule has 11 heteroatoms. The van der Waals surface area contributed by atoms with Crippen molar-refractivity contribution in [1.82, 2.24) is 34.9 Å². The van der Waals surface area contributed by atoms with Gasteiger partial charge < -0.3 is 10.2 Å². The monoisotopic (exact) mass is 539 g/mol. The summed E-state index contributed by atoms with van der Waals surface area (Å²) < 4.78 is 2.01. The van der Waals surface area contributed by atoms with Crippen molar-refractivity contribution in [2.24, 2.45) is 0 Å². The highest BCUT2D eigenvalue weighted by Crippen LogP contribution is 2.32. The van der Waals surface area contributed by atoms with Crippen LogP contribution >= 0.6 is 34.7 Å². The topological polar surface area (TPSA) is 88.8 Å². The first kappa shape index (κ1) is 24.9. The van der Waals surface area contributed by atoms with Crippen LogP contribution < -0.4 is 5.32 Å². The van der Waals surface area contributed by atoms with Gasteiger partial charge in [0.25, 0.3) is 5.91 Å². The van der Waals surface area contributed by atoms with Crippen LogP contribution in [0.2, 0.25) is 5.02 Å². The normalized spacial score (nSPS) is 13.8. The number of nitrogens with zero attached hydrogens (tertiary/aromatic N) is 6. The lowest BCUT2D eigenvalue weighted by molar-refractivity contribution is 0.0945. The van der Waals surface area contributed by atoms with Crippen LogP contribution in [0.4, 0.5) is 0 Å². The highest BCUT2D eigenvalue weighted by molar-refractivity contribution is 7.98. The number of nitrogens with one attached hydrogen (secondary N) is 1. The SMILES string of the molecule is Cc1ccc(Cl)cc1-n1c(SCc2nc(C(=O)NCCN3CCCC3)cs2)nnc1-c1ccncc1. The van der Waals surface area contributed by atoms with Crippen molar-refractivity contribution in [3.8, 4) is 17.1 Å². The molecule has 8 nitrogen and oxygen atoms in total. The average Bonchev–Trinajstić information content (AvgIpc) is 3.66. The van der Waals surface area contributed by atoms with Crippen LogP contribution in [0.3, 0.4) is 0 Å². The Morgan fingerprint density at radius 3 is 2.78 bits per heavy atom. The first-order chi connectivity index (χ1) is 17.6. The molecule has 36 heavy (non-hydrogen) atoms. The highest BCUT2D eigenvalue weighted by Gasteiger charge is 2.19. The quantitative estimate of drug-likeness (QED) is 0.304. The molecule has 1 N–H and O–H groups in total. The second kappa shape index (κ2) is 11.5. The Hall–Kier alpha value is -2.79. The summed E-state index contributed by atoms with van der Waals surface area (Å²) in [5.41, 5.74) is 3.34. The number of amides is 1. The van der Waals surface area contributed by atoms with Crippen molar-refractivity contribution >= 4 is 40.6 Å². The number of rotatable bonds is 9. The standard InChI is InChI=1S/C25H26ClN7OS2/c1-17-4-5-19(26)14-21(17)33-23(18-6-8-27-9-7-18)30-31-25(33)36-16-22-29-20(15-35-22)24(34)28-10-13-32-11-2-3-12-32/h4-9,14-15H,2-3,10-13,16H2,1H3,(H,28,34). The van der Waals surface area contributed by atoms with Crippen LogP contribution in [-0.4, -0.2) is 61.7 Å². The van der Waals surface area contributed by atoms with E-state index >= 15 is 0 Å². The average molecular weight is 540 g/mol. The van der Waals surface area contributed by atoms with Crippen LogP contribution in [0.1, 0.15) is 33.9 Å². The first-order valence-electron chi connectivity index (χ1n) is 11.8. The number of aromatic nitrogens is 5. The number of hydrogen-bond donors (Lipinski definition) is 1. The van der Waals surface area contributed by atoms with Gasteiger partial charge in [0, 0.05) is 41.4 Å². The Balaban J connectivity index is 1.31. The summed E-state index contributed by atoms with van der Waals surface area (Å²) >= 11 is 9.34. The minimum atomic E-state index is -0.126. The predicted octanol–water partition coefficient (Wildman–Crippen LogP) is 4.87. The molecule has 4 aromatic rings. The minimum Gasteiger partial charge on any atom is -0.349 e. The van der Waals surface area contributed by atoms with Gasteiger partial charge in [-0.15, -0.1) is 21.5 Å². The van der Waals surface area contributed by atoms with E-state index in [1.165, 1.54) is 35.9 Å². The zero-order valence-electron chi connectivity index (χ0n) is 19.9. The van der Waals surface area contributed by atoms with Crippen LogP contribution in [0.25, 0.3) is 17.1 Å². The van der Waals surface area contributed by atoms with Crippen molar-refractivity contribution in [2.45, 2.75) is 30.7 Å². The molecular weight excluding hydrogens is 514 g/mol. The number of halogens is 1. The predicted molar refractivity (Wildman–Crippen MR) is 144 cm³/mol. The third kappa shape index (κ3) is 5.78. The van der Waals surface area contributed by atoms with Crippen molar-refractivity contribution < 1.29 is 4.79 Å². The number of carbonyl (C=O) groups excluding carboxylic acids is 1. The maximum atomic E-state index is 12.5. The van der Waals surface area contributed by atoms with Gasteiger partial charge in [-0.05, 0) is 62.7 Å². The molecule has 1 fully saturated rings. The molecule has 0 bridgehead atoms. The fraction of sp³-hybridized carbons (Fsp3) is 0.320. The van der Waals surface area contributed by atoms with Crippen molar-refractivity contribution in [1.29, 1.82) is 0 Å². The number of thioether (sulfide) groups is 1. The number of aryl methyl sites for hydroxylation is 1. The van der Waals surface area contributed by atoms with Gasteiger partial charge >= 0.3 is 0 Å². The Bertz CT molecular complexity index is 1340. The van der Waals surface area contributed by atoms with Crippen LogP contribution in [0.5, 0.6) is 0 Å². The summed E-state index contributed by atoms with van der Waals surface area (Å²) in [7, 11) is 0. The summed E-state index contributed by atoms with van der Waals surface area (Å²) in [5, 5.41) is 16.0. The van der Waals surface area contributed by atoms with Gasteiger partial charge in [-0.1, -0.05) is 29.4 Å². The first-order valence-corrected chi connectivity index (χ1v) is 14.0. The van der Waals surface area contributed by atoms with Crippen molar-refractivity contribution in [3.63, 3.8) is 0 Å². The van der Waals surface area contributed by atoms with E-state index in [4.69, 9.17) is 11.6 Å². The number of pyridine rings is 1. The molecule has 1 aliphatic rings. The van der Waals surface area contributed by atoms with Crippen LogP contribution in [0.15, 0.2) is 53.3 Å². The van der Waals surface area contributed by atoms with Crippen LogP contribution in [0, 0.1) is 6.92 Å². The van der Waals surface area contributed by atoms with E-state index in [1.807, 2.05) is 47.2 Å². The zero-order chi connectivity index (χ0) is 24.9. The largest absolute Gasteiger partial charge is 0.349 e. The molecule has 1 aromatic carbocycles. The molecule has 1 aliphatic heterocycles. The minimum absolute atomic E-state index is 0.126. The number of hydrogen-bond acceptors (Lipinski definition) is 8. The zero-order valence-corrected chi connectivity index (χ0v) is 22.2. The van der Waals surface area contributed by atoms with E-state index in [9.17, 15) is 4.79 Å². The molecule has 0 spiro atoms. The summed E-state index contributed by atoms with van der Waals surface area (Å²) in [6, 6.07) is 9.59. The molecule has 186 valence electrons. The molecule has 0 atom stereocenters. The molecule has 0 saturated carbocycles. The molecular formula is C25H26ClN7OS2. The molecule has 1 amide bonds. The summed E-state index contributed by atoms with van der Waals surface area (Å²) in [6.07, 6.45) is 5.96. The molecule has 3 aromatic heterocycles. The second-order valence-electron chi connectivity index (χ2n) is 8.53. The fourth-order valence-electron chi connectivity index (χ4n) is 4.12. The van der Waals surface area contributed by atoms with Gasteiger partial charge in [0.1, 0.15) is 10.7 Å². The number of benzene rings is 1. The molecule has 0 unspecified atom stereocenters. The van der Waals surface area contributed by atoms with Gasteiger partial charge in [-0.2, -0.15) is 0 Å². The Kier molecular flexibility index (Phi) is 7.96. The van der Waals surface area contributed by atoms with E-state index in [-0.39, 0.29) is 5.91 Å². The van der Waals surface area contributed by atoms with E-state index in [0.29, 0.717) is 28.8 Å². The second-order valence-corrected chi connectivity index (χ2v) is 10.8. The lowest BCUT2D eigenvalue weighted by Crippen LogP contribution is -2.33. The Labute approximate surface area is 223 Å². The van der Waals surface area contributed by atoms with Crippen molar-refractivity contribution in [2.75, 3.05) is 26.2 Å². The van der Waals surface area contributed by atoms with E-state index < -0.39 is 0 Å². The van der Waals surface area contributed by atoms with E-state index in [0.717, 1.165) is 46.6 Å². The van der Waals surface area contributed by atoms with Gasteiger partial charge in [-0.3, -0.25) is 14.3 Å². The van der Waals surface area contributed by atoms with Crippen molar-refractivity contribution in [3.05, 3.63) is 69.4 Å². The lowest BCUT2D eigenvalue weighted by Gasteiger charge is -2.14. The summed E-state index contributed by atoms with van der Waals surface area (Å²) in [4.78, 5) is 23.6. The number of carbonyl (C=O) groups is 1. The van der Waals surface area contributed by atoms with Gasteiger partial charge in [0.2, 0.25) is 0 Å².